The number of nitro benzene ring substituents is 1. The summed E-state index contributed by atoms with van der Waals surface area (Å²) in [6.45, 7) is 11.1. The molecule has 2 N–H and O–H groups in total. The van der Waals surface area contributed by atoms with Gasteiger partial charge in [-0.2, -0.15) is 0 Å². The SMILES string of the molecule is CCOCCCNC(=NCc1ccc([N+](=O)[O-])cc1)NC(C)C(C)C. The summed E-state index contributed by atoms with van der Waals surface area (Å²) in [7, 11) is 0. The first-order valence-electron chi connectivity index (χ1n) is 8.80. The van der Waals surface area contributed by atoms with Crippen molar-refractivity contribution in [3.63, 3.8) is 0 Å². The van der Waals surface area contributed by atoms with Gasteiger partial charge in [0.05, 0.1) is 11.5 Å². The Kier molecular flexibility index (Phi) is 9.54. The van der Waals surface area contributed by atoms with E-state index in [4.69, 9.17) is 4.74 Å². The lowest BCUT2D eigenvalue weighted by atomic mass is 10.1. The molecule has 25 heavy (non-hydrogen) atoms. The van der Waals surface area contributed by atoms with Gasteiger partial charge in [-0.15, -0.1) is 0 Å². The van der Waals surface area contributed by atoms with Crippen molar-refractivity contribution < 1.29 is 9.66 Å². The molecule has 1 rings (SSSR count). The van der Waals surface area contributed by atoms with E-state index in [1.54, 1.807) is 12.1 Å². The molecule has 0 spiro atoms. The molecule has 1 aromatic rings. The Morgan fingerprint density at radius 3 is 2.52 bits per heavy atom. The van der Waals surface area contributed by atoms with Gasteiger partial charge in [0, 0.05) is 37.9 Å². The zero-order chi connectivity index (χ0) is 18.7. The fraction of sp³-hybridized carbons (Fsp3) is 0.611. The average molecular weight is 350 g/mol. The van der Waals surface area contributed by atoms with Crippen molar-refractivity contribution in [3.05, 3.63) is 39.9 Å². The van der Waals surface area contributed by atoms with E-state index in [1.807, 2.05) is 6.92 Å². The molecular weight excluding hydrogens is 320 g/mol. The number of non-ortho nitro benzene ring substituents is 1. The van der Waals surface area contributed by atoms with Gasteiger partial charge in [-0.3, -0.25) is 10.1 Å². The number of aliphatic imine (C=N–C) groups is 1. The predicted octanol–water partition coefficient (Wildman–Crippen LogP) is 3.10. The molecule has 0 saturated heterocycles. The Hall–Kier alpha value is -2.15. The zero-order valence-corrected chi connectivity index (χ0v) is 15.6. The smallest absolute Gasteiger partial charge is 0.269 e. The average Bonchev–Trinajstić information content (AvgIpc) is 2.59. The highest BCUT2D eigenvalue weighted by molar-refractivity contribution is 5.80. The fourth-order valence-corrected chi connectivity index (χ4v) is 1.95. The van der Waals surface area contributed by atoms with Crippen LogP contribution >= 0.6 is 0 Å². The van der Waals surface area contributed by atoms with Crippen LogP contribution in [-0.4, -0.2) is 36.7 Å². The topological polar surface area (TPSA) is 88.8 Å². The van der Waals surface area contributed by atoms with E-state index in [1.165, 1.54) is 12.1 Å². The van der Waals surface area contributed by atoms with Crippen LogP contribution in [0.25, 0.3) is 0 Å². The van der Waals surface area contributed by atoms with Crippen molar-refractivity contribution in [2.24, 2.45) is 10.9 Å². The van der Waals surface area contributed by atoms with Gasteiger partial charge in [-0.1, -0.05) is 26.0 Å². The first-order chi connectivity index (χ1) is 11.9. The summed E-state index contributed by atoms with van der Waals surface area (Å²) in [6.07, 6.45) is 0.905. The molecule has 1 unspecified atom stereocenters. The highest BCUT2D eigenvalue weighted by atomic mass is 16.6. The standard InChI is InChI=1S/C18H30N4O3/c1-5-25-12-6-11-19-18(21-15(4)14(2)3)20-13-16-7-9-17(10-8-16)22(23)24/h7-10,14-15H,5-6,11-13H2,1-4H3,(H2,19,20,21). The van der Waals surface area contributed by atoms with E-state index in [2.05, 4.69) is 36.4 Å². The third-order valence-electron chi connectivity index (χ3n) is 3.89. The number of nitrogens with one attached hydrogen (secondary N) is 2. The number of hydrogen-bond donors (Lipinski definition) is 2. The Morgan fingerprint density at radius 2 is 1.96 bits per heavy atom. The van der Waals surface area contributed by atoms with Crippen molar-refractivity contribution in [2.75, 3.05) is 19.8 Å². The van der Waals surface area contributed by atoms with Crippen molar-refractivity contribution >= 4 is 11.6 Å². The summed E-state index contributed by atoms with van der Waals surface area (Å²) in [4.78, 5) is 14.9. The minimum Gasteiger partial charge on any atom is -0.382 e. The van der Waals surface area contributed by atoms with E-state index in [-0.39, 0.29) is 11.7 Å². The minimum atomic E-state index is -0.399. The highest BCUT2D eigenvalue weighted by Gasteiger charge is 2.09. The number of ether oxygens (including phenoxy) is 1. The van der Waals surface area contributed by atoms with E-state index < -0.39 is 4.92 Å². The molecule has 1 aromatic carbocycles. The molecular formula is C18H30N4O3. The monoisotopic (exact) mass is 350 g/mol. The number of guanidine groups is 1. The van der Waals surface area contributed by atoms with E-state index in [0.717, 1.165) is 37.7 Å². The zero-order valence-electron chi connectivity index (χ0n) is 15.6. The van der Waals surface area contributed by atoms with Gasteiger partial charge in [0.2, 0.25) is 0 Å². The molecule has 0 aliphatic carbocycles. The summed E-state index contributed by atoms with van der Waals surface area (Å²) in [5, 5.41) is 17.4. The maximum absolute atomic E-state index is 10.7. The van der Waals surface area contributed by atoms with Crippen LogP contribution in [0.5, 0.6) is 0 Å². The van der Waals surface area contributed by atoms with Gasteiger partial charge in [0.15, 0.2) is 5.96 Å². The Morgan fingerprint density at radius 1 is 1.28 bits per heavy atom. The fourth-order valence-electron chi connectivity index (χ4n) is 1.95. The molecule has 0 heterocycles. The molecule has 0 aliphatic rings. The van der Waals surface area contributed by atoms with Crippen LogP contribution in [-0.2, 0) is 11.3 Å². The second-order valence-electron chi connectivity index (χ2n) is 6.24. The highest BCUT2D eigenvalue weighted by Crippen LogP contribution is 2.12. The molecule has 0 radical (unpaired) electrons. The van der Waals surface area contributed by atoms with Gasteiger partial charge in [-0.25, -0.2) is 4.99 Å². The molecule has 0 saturated carbocycles. The number of hydrogen-bond acceptors (Lipinski definition) is 4. The molecule has 0 aromatic heterocycles. The van der Waals surface area contributed by atoms with Gasteiger partial charge < -0.3 is 15.4 Å². The number of rotatable bonds is 10. The van der Waals surface area contributed by atoms with Crippen LogP contribution in [0.2, 0.25) is 0 Å². The van der Waals surface area contributed by atoms with Gasteiger partial charge >= 0.3 is 0 Å². The Balaban J connectivity index is 2.65. The van der Waals surface area contributed by atoms with Gasteiger partial charge in [0.1, 0.15) is 0 Å². The second kappa shape index (κ2) is 11.4. The molecule has 140 valence electrons. The van der Waals surface area contributed by atoms with Crippen LogP contribution in [0.4, 0.5) is 5.69 Å². The first-order valence-corrected chi connectivity index (χ1v) is 8.80. The van der Waals surface area contributed by atoms with Crippen molar-refractivity contribution in [3.8, 4) is 0 Å². The second-order valence-corrected chi connectivity index (χ2v) is 6.24. The minimum absolute atomic E-state index is 0.0913. The lowest BCUT2D eigenvalue weighted by molar-refractivity contribution is -0.384. The predicted molar refractivity (Wildman–Crippen MR) is 101 cm³/mol. The molecule has 1 atom stereocenters. The Bertz CT molecular complexity index is 544. The van der Waals surface area contributed by atoms with Crippen LogP contribution in [0.1, 0.15) is 39.7 Å². The summed E-state index contributed by atoms with van der Waals surface area (Å²) in [6, 6.07) is 6.77. The summed E-state index contributed by atoms with van der Waals surface area (Å²) >= 11 is 0. The molecule has 0 bridgehead atoms. The quantitative estimate of drug-likeness (QED) is 0.222. The van der Waals surface area contributed by atoms with E-state index in [0.29, 0.717) is 12.5 Å². The van der Waals surface area contributed by atoms with Crippen LogP contribution in [0.3, 0.4) is 0 Å². The number of benzene rings is 1. The van der Waals surface area contributed by atoms with Crippen molar-refractivity contribution in [1.29, 1.82) is 0 Å². The lowest BCUT2D eigenvalue weighted by Gasteiger charge is -2.21. The third kappa shape index (κ3) is 8.49. The Labute approximate surface area is 150 Å². The summed E-state index contributed by atoms with van der Waals surface area (Å²) < 4.78 is 5.34. The van der Waals surface area contributed by atoms with Crippen LogP contribution in [0.15, 0.2) is 29.3 Å². The maximum atomic E-state index is 10.7. The van der Waals surface area contributed by atoms with Gasteiger partial charge in [-0.05, 0) is 31.7 Å². The van der Waals surface area contributed by atoms with Gasteiger partial charge in [0.25, 0.3) is 5.69 Å². The van der Waals surface area contributed by atoms with Crippen LogP contribution < -0.4 is 10.6 Å². The van der Waals surface area contributed by atoms with Crippen LogP contribution in [0, 0.1) is 16.0 Å². The normalized spacial score (nSPS) is 12.9. The largest absolute Gasteiger partial charge is 0.382 e. The molecule has 0 fully saturated rings. The van der Waals surface area contributed by atoms with Crippen molar-refractivity contribution in [1.82, 2.24) is 10.6 Å². The summed E-state index contributed by atoms with van der Waals surface area (Å²) in [5.41, 5.74) is 1.02. The first kappa shape index (κ1) is 20.9. The molecule has 7 nitrogen and oxygen atoms in total. The maximum Gasteiger partial charge on any atom is 0.269 e. The molecule has 7 heteroatoms. The molecule has 0 aliphatic heterocycles. The number of nitro groups is 1. The molecule has 0 amide bonds. The third-order valence-corrected chi connectivity index (χ3v) is 3.89. The number of nitrogens with zero attached hydrogens (tertiary/aromatic N) is 2. The van der Waals surface area contributed by atoms with Crippen molar-refractivity contribution in [2.45, 2.75) is 46.7 Å². The van der Waals surface area contributed by atoms with E-state index in [9.17, 15) is 10.1 Å². The summed E-state index contributed by atoms with van der Waals surface area (Å²) in [5.74, 6) is 1.23. The van der Waals surface area contributed by atoms with E-state index >= 15 is 0 Å². The lowest BCUT2D eigenvalue weighted by Crippen LogP contribution is -2.44.